The van der Waals surface area contributed by atoms with Gasteiger partial charge in [-0.2, -0.15) is 0 Å². The minimum atomic E-state index is -0.532. The molecule has 20 heavy (non-hydrogen) atoms. The Balaban J connectivity index is 2.42. The van der Waals surface area contributed by atoms with Crippen molar-refractivity contribution in [1.29, 1.82) is 0 Å². The zero-order chi connectivity index (χ0) is 14.9. The molecule has 0 unspecified atom stereocenters. The highest BCUT2D eigenvalue weighted by Gasteiger charge is 2.12. The van der Waals surface area contributed by atoms with Crippen molar-refractivity contribution < 1.29 is 9.13 Å². The fraction of sp³-hybridized carbons (Fsp3) is 0.0769. The first-order chi connectivity index (χ1) is 9.43. The minimum Gasteiger partial charge on any atom is -0.494 e. The second-order valence-electron chi connectivity index (χ2n) is 3.92. The number of anilines is 3. The van der Waals surface area contributed by atoms with E-state index >= 15 is 0 Å². The molecule has 3 N–H and O–H groups in total. The molecule has 2 aromatic carbocycles. The Morgan fingerprint density at radius 1 is 1.20 bits per heavy atom. The van der Waals surface area contributed by atoms with Crippen LogP contribution in [0.2, 0.25) is 10.0 Å². The van der Waals surface area contributed by atoms with Crippen molar-refractivity contribution in [3.05, 3.63) is 44.6 Å². The number of nitrogen functional groups attached to an aromatic ring is 1. The third-order valence-corrected chi connectivity index (χ3v) is 4.40. The van der Waals surface area contributed by atoms with Crippen molar-refractivity contribution in [1.82, 2.24) is 0 Å². The maximum absolute atomic E-state index is 13.5. The van der Waals surface area contributed by atoms with Crippen molar-refractivity contribution in [3.8, 4) is 5.75 Å². The number of hydrogen-bond acceptors (Lipinski definition) is 3. The largest absolute Gasteiger partial charge is 0.494 e. The van der Waals surface area contributed by atoms with E-state index in [1.807, 2.05) is 0 Å². The van der Waals surface area contributed by atoms with E-state index in [0.29, 0.717) is 25.9 Å². The molecular formula is C13H10BrCl2FN2O. The normalized spacial score (nSPS) is 10.4. The molecule has 7 heteroatoms. The summed E-state index contributed by atoms with van der Waals surface area (Å²) >= 11 is 15.4. The van der Waals surface area contributed by atoms with E-state index in [4.69, 9.17) is 33.7 Å². The summed E-state index contributed by atoms with van der Waals surface area (Å²) in [5.74, 6) is -0.448. The van der Waals surface area contributed by atoms with Crippen LogP contribution in [0.3, 0.4) is 0 Å². The third kappa shape index (κ3) is 2.95. The van der Waals surface area contributed by atoms with Gasteiger partial charge in [0.05, 0.1) is 34.2 Å². The topological polar surface area (TPSA) is 47.3 Å². The van der Waals surface area contributed by atoms with Gasteiger partial charge in [0.1, 0.15) is 0 Å². The Hall–Kier alpha value is -1.17. The van der Waals surface area contributed by atoms with Gasteiger partial charge in [0.25, 0.3) is 0 Å². The molecule has 0 aliphatic carbocycles. The van der Waals surface area contributed by atoms with Crippen molar-refractivity contribution in [2.45, 2.75) is 0 Å². The van der Waals surface area contributed by atoms with Gasteiger partial charge in [-0.1, -0.05) is 23.2 Å². The number of ether oxygens (including phenoxy) is 1. The first kappa shape index (κ1) is 15.2. The Kier molecular flexibility index (Phi) is 4.62. The fourth-order valence-electron chi connectivity index (χ4n) is 1.60. The van der Waals surface area contributed by atoms with Gasteiger partial charge in [-0.05, 0) is 28.1 Å². The van der Waals surface area contributed by atoms with Crippen molar-refractivity contribution in [3.63, 3.8) is 0 Å². The molecule has 0 fully saturated rings. The first-order valence-corrected chi connectivity index (χ1v) is 7.02. The zero-order valence-electron chi connectivity index (χ0n) is 10.3. The van der Waals surface area contributed by atoms with E-state index in [1.54, 1.807) is 12.1 Å². The lowest BCUT2D eigenvalue weighted by atomic mass is 10.2. The predicted octanol–water partition coefficient (Wildman–Crippen LogP) is 5.23. The molecule has 0 amide bonds. The summed E-state index contributed by atoms with van der Waals surface area (Å²) in [6.45, 7) is 0. The molecule has 3 nitrogen and oxygen atoms in total. The van der Waals surface area contributed by atoms with E-state index < -0.39 is 5.82 Å². The molecule has 0 radical (unpaired) electrons. The molecule has 0 aliphatic heterocycles. The Bertz CT molecular complexity index is 667. The number of nitrogens with two attached hydrogens (primary N) is 1. The first-order valence-electron chi connectivity index (χ1n) is 5.47. The number of rotatable bonds is 3. The molecule has 0 saturated heterocycles. The summed E-state index contributed by atoms with van der Waals surface area (Å²) in [5, 5.41) is 3.72. The number of benzene rings is 2. The zero-order valence-corrected chi connectivity index (χ0v) is 13.4. The second kappa shape index (κ2) is 6.08. The lowest BCUT2D eigenvalue weighted by molar-refractivity contribution is 0.387. The van der Waals surface area contributed by atoms with Crippen LogP contribution in [-0.4, -0.2) is 7.11 Å². The lowest BCUT2D eigenvalue weighted by Crippen LogP contribution is -2.00. The van der Waals surface area contributed by atoms with Gasteiger partial charge in [-0.3, -0.25) is 0 Å². The molecule has 0 bridgehead atoms. The molecule has 2 aromatic rings. The molecule has 0 atom stereocenters. The van der Waals surface area contributed by atoms with Gasteiger partial charge < -0.3 is 15.8 Å². The highest BCUT2D eigenvalue weighted by Crippen LogP contribution is 2.38. The maximum Gasteiger partial charge on any atom is 0.167 e. The molecule has 0 spiro atoms. The highest BCUT2D eigenvalue weighted by atomic mass is 79.9. The average molecular weight is 380 g/mol. The van der Waals surface area contributed by atoms with Gasteiger partial charge in [0.15, 0.2) is 11.6 Å². The monoisotopic (exact) mass is 378 g/mol. The van der Waals surface area contributed by atoms with Crippen LogP contribution in [0.15, 0.2) is 28.7 Å². The summed E-state index contributed by atoms with van der Waals surface area (Å²) in [5.41, 5.74) is 7.03. The number of hydrogen-bond donors (Lipinski definition) is 2. The maximum atomic E-state index is 13.5. The average Bonchev–Trinajstić information content (AvgIpc) is 2.42. The smallest absolute Gasteiger partial charge is 0.167 e. The van der Waals surface area contributed by atoms with E-state index in [9.17, 15) is 4.39 Å². The predicted molar refractivity (Wildman–Crippen MR) is 84.8 cm³/mol. The number of nitrogens with one attached hydrogen (secondary N) is 1. The summed E-state index contributed by atoms with van der Waals surface area (Å²) in [6, 6.07) is 6.10. The molecule has 2 rings (SSSR count). The molecule has 106 valence electrons. The van der Waals surface area contributed by atoms with Crippen molar-refractivity contribution in [2.24, 2.45) is 0 Å². The van der Waals surface area contributed by atoms with Crippen molar-refractivity contribution >= 4 is 56.2 Å². The fourth-order valence-corrected chi connectivity index (χ4v) is 2.42. The molecule has 0 aromatic heterocycles. The van der Waals surface area contributed by atoms with E-state index in [-0.39, 0.29) is 11.4 Å². The summed E-state index contributed by atoms with van der Waals surface area (Å²) < 4.78 is 19.1. The van der Waals surface area contributed by atoms with Gasteiger partial charge in [0, 0.05) is 16.6 Å². The van der Waals surface area contributed by atoms with Crippen LogP contribution in [0.5, 0.6) is 5.75 Å². The summed E-state index contributed by atoms with van der Waals surface area (Å²) in [7, 11) is 1.38. The van der Waals surface area contributed by atoms with Crippen LogP contribution in [0.25, 0.3) is 0 Å². The highest BCUT2D eigenvalue weighted by molar-refractivity contribution is 9.10. The van der Waals surface area contributed by atoms with Crippen LogP contribution in [0.4, 0.5) is 21.5 Å². The van der Waals surface area contributed by atoms with Crippen LogP contribution in [0.1, 0.15) is 0 Å². The van der Waals surface area contributed by atoms with Crippen LogP contribution < -0.4 is 15.8 Å². The van der Waals surface area contributed by atoms with Gasteiger partial charge in [0.2, 0.25) is 0 Å². The van der Waals surface area contributed by atoms with Gasteiger partial charge >= 0.3 is 0 Å². The third-order valence-electron chi connectivity index (χ3n) is 2.63. The van der Waals surface area contributed by atoms with E-state index in [0.717, 1.165) is 0 Å². The van der Waals surface area contributed by atoms with Crippen LogP contribution in [-0.2, 0) is 0 Å². The minimum absolute atomic E-state index is 0.0843. The quantitative estimate of drug-likeness (QED) is 0.567. The van der Waals surface area contributed by atoms with Gasteiger partial charge in [-0.15, -0.1) is 0 Å². The van der Waals surface area contributed by atoms with Crippen LogP contribution in [0, 0.1) is 5.82 Å². The van der Waals surface area contributed by atoms with E-state index in [1.165, 1.54) is 19.2 Å². The van der Waals surface area contributed by atoms with Crippen LogP contribution >= 0.6 is 39.1 Å². The second-order valence-corrected chi connectivity index (χ2v) is 5.53. The Labute approximate surface area is 133 Å². The summed E-state index contributed by atoms with van der Waals surface area (Å²) in [4.78, 5) is 0. The SMILES string of the molecule is COc1cc(Nc2ccc(Br)c(Cl)c2Cl)c(N)cc1F. The Morgan fingerprint density at radius 3 is 2.55 bits per heavy atom. The molecule has 0 saturated carbocycles. The molecule has 0 heterocycles. The molecule has 0 aliphatic rings. The lowest BCUT2D eigenvalue weighted by Gasteiger charge is -2.14. The van der Waals surface area contributed by atoms with E-state index in [2.05, 4.69) is 21.2 Å². The number of methoxy groups -OCH3 is 1. The van der Waals surface area contributed by atoms with Crippen molar-refractivity contribution in [2.75, 3.05) is 18.2 Å². The Morgan fingerprint density at radius 2 is 1.90 bits per heavy atom. The summed E-state index contributed by atoms with van der Waals surface area (Å²) in [6.07, 6.45) is 0. The number of halogens is 4. The standard InChI is InChI=1S/C13H10BrCl2FN2O/c1-20-11-5-10(8(18)4-7(11)17)19-9-3-2-6(14)12(15)13(9)16/h2-5,19H,18H2,1H3. The molecular weight excluding hydrogens is 370 g/mol. The van der Waals surface area contributed by atoms with Gasteiger partial charge in [-0.25, -0.2) is 4.39 Å².